The Morgan fingerprint density at radius 3 is 2.61 bits per heavy atom. The van der Waals surface area contributed by atoms with Crippen LogP contribution in [0.2, 0.25) is 10.2 Å². The SMILES string of the molecule is C#CCN(CC#N)S(=O)(=O)c1cnc(Cl)c(Cl)c1. The zero-order chi connectivity index (χ0) is 13.8. The number of hydrogen-bond acceptors (Lipinski definition) is 4. The molecule has 0 amide bonds. The molecule has 0 aliphatic rings. The summed E-state index contributed by atoms with van der Waals surface area (Å²) < 4.78 is 25.1. The van der Waals surface area contributed by atoms with Crippen molar-refractivity contribution in [3.8, 4) is 18.4 Å². The number of rotatable bonds is 4. The molecular weight excluding hydrogens is 297 g/mol. The van der Waals surface area contributed by atoms with Gasteiger partial charge in [-0.1, -0.05) is 29.1 Å². The van der Waals surface area contributed by atoms with E-state index in [0.717, 1.165) is 16.6 Å². The molecular formula is C10H7Cl2N3O2S. The molecule has 1 aromatic rings. The fourth-order valence-electron chi connectivity index (χ4n) is 1.10. The van der Waals surface area contributed by atoms with Crippen molar-refractivity contribution in [3.63, 3.8) is 0 Å². The van der Waals surface area contributed by atoms with E-state index in [0.29, 0.717) is 0 Å². The van der Waals surface area contributed by atoms with Gasteiger partial charge in [0.1, 0.15) is 16.6 Å². The van der Waals surface area contributed by atoms with Crippen molar-refractivity contribution in [1.82, 2.24) is 9.29 Å². The Bertz CT molecular complexity index is 616. The second-order valence-electron chi connectivity index (χ2n) is 3.08. The lowest BCUT2D eigenvalue weighted by atomic mass is 10.5. The average molecular weight is 304 g/mol. The van der Waals surface area contributed by atoms with Crippen LogP contribution in [-0.2, 0) is 10.0 Å². The van der Waals surface area contributed by atoms with E-state index in [-0.39, 0.29) is 28.2 Å². The van der Waals surface area contributed by atoms with Gasteiger partial charge in [-0.25, -0.2) is 13.4 Å². The van der Waals surface area contributed by atoms with Crippen molar-refractivity contribution in [2.75, 3.05) is 13.1 Å². The molecule has 1 aromatic heterocycles. The first-order valence-corrected chi connectivity index (χ1v) is 6.74. The third-order valence-corrected chi connectivity index (χ3v) is 4.37. The molecule has 0 unspecified atom stereocenters. The molecule has 0 spiro atoms. The molecule has 1 rings (SSSR count). The molecule has 0 saturated carbocycles. The first kappa shape index (κ1) is 14.7. The molecule has 0 aliphatic carbocycles. The third-order valence-electron chi connectivity index (χ3n) is 1.92. The summed E-state index contributed by atoms with van der Waals surface area (Å²) >= 11 is 11.3. The molecule has 0 aromatic carbocycles. The largest absolute Gasteiger partial charge is 0.246 e. The van der Waals surface area contributed by atoms with Gasteiger partial charge in [-0.3, -0.25) is 0 Å². The van der Waals surface area contributed by atoms with Crippen molar-refractivity contribution in [3.05, 3.63) is 22.4 Å². The van der Waals surface area contributed by atoms with Gasteiger partial charge in [0.15, 0.2) is 0 Å². The monoisotopic (exact) mass is 303 g/mol. The zero-order valence-electron chi connectivity index (χ0n) is 8.97. The summed E-state index contributed by atoms with van der Waals surface area (Å²) in [5.74, 6) is 2.17. The Kier molecular flexibility index (Phi) is 4.94. The predicted octanol–water partition coefficient (Wildman–Crippen LogP) is 1.54. The normalized spacial score (nSPS) is 10.9. The minimum atomic E-state index is -3.90. The number of halogens is 2. The highest BCUT2D eigenvalue weighted by atomic mass is 35.5. The van der Waals surface area contributed by atoms with Gasteiger partial charge in [-0.05, 0) is 6.07 Å². The molecule has 0 atom stereocenters. The predicted molar refractivity (Wildman–Crippen MR) is 67.5 cm³/mol. The van der Waals surface area contributed by atoms with Crippen LogP contribution in [0.3, 0.4) is 0 Å². The number of aromatic nitrogens is 1. The highest BCUT2D eigenvalue weighted by Crippen LogP contribution is 2.23. The van der Waals surface area contributed by atoms with Crippen molar-refractivity contribution in [2.24, 2.45) is 0 Å². The van der Waals surface area contributed by atoms with Gasteiger partial charge in [0.05, 0.1) is 17.6 Å². The number of terminal acetylenes is 1. The molecule has 0 bridgehead atoms. The van der Waals surface area contributed by atoms with E-state index < -0.39 is 10.0 Å². The third kappa shape index (κ3) is 3.12. The van der Waals surface area contributed by atoms with Crippen LogP contribution in [0.4, 0.5) is 0 Å². The molecule has 0 N–H and O–H groups in total. The molecule has 5 nitrogen and oxygen atoms in total. The van der Waals surface area contributed by atoms with Crippen molar-refractivity contribution in [1.29, 1.82) is 5.26 Å². The van der Waals surface area contributed by atoms with Gasteiger partial charge in [-0.2, -0.15) is 9.57 Å². The minimum absolute atomic E-state index is 0.000556. The Morgan fingerprint density at radius 2 is 2.11 bits per heavy atom. The van der Waals surface area contributed by atoms with Crippen molar-refractivity contribution >= 4 is 33.2 Å². The number of sulfonamides is 1. The smallest absolute Gasteiger partial charge is 0.242 e. The van der Waals surface area contributed by atoms with E-state index in [4.69, 9.17) is 34.9 Å². The van der Waals surface area contributed by atoms with Crippen LogP contribution >= 0.6 is 23.2 Å². The van der Waals surface area contributed by atoms with E-state index in [1.54, 1.807) is 6.07 Å². The van der Waals surface area contributed by atoms with E-state index in [9.17, 15) is 8.42 Å². The van der Waals surface area contributed by atoms with Crippen LogP contribution < -0.4 is 0 Å². The van der Waals surface area contributed by atoms with Crippen LogP contribution in [0.5, 0.6) is 0 Å². The topological polar surface area (TPSA) is 74.1 Å². The molecule has 0 fully saturated rings. The van der Waals surface area contributed by atoms with Gasteiger partial charge in [-0.15, -0.1) is 6.42 Å². The van der Waals surface area contributed by atoms with Gasteiger partial charge in [0.25, 0.3) is 0 Å². The second kappa shape index (κ2) is 6.03. The molecule has 0 aliphatic heterocycles. The van der Waals surface area contributed by atoms with Gasteiger partial charge in [0, 0.05) is 6.20 Å². The fourth-order valence-corrected chi connectivity index (χ4v) is 2.66. The van der Waals surface area contributed by atoms with Crippen LogP contribution in [0, 0.1) is 23.7 Å². The van der Waals surface area contributed by atoms with Crippen molar-refractivity contribution < 1.29 is 8.42 Å². The molecule has 18 heavy (non-hydrogen) atoms. The number of nitrogens with zero attached hydrogens (tertiary/aromatic N) is 3. The van der Waals surface area contributed by atoms with Crippen LogP contribution in [0.1, 0.15) is 0 Å². The molecule has 0 saturated heterocycles. The van der Waals surface area contributed by atoms with Crippen molar-refractivity contribution in [2.45, 2.75) is 4.90 Å². The maximum absolute atomic E-state index is 12.1. The van der Waals surface area contributed by atoms with E-state index in [2.05, 4.69) is 10.9 Å². The lowest BCUT2D eigenvalue weighted by Gasteiger charge is -2.16. The summed E-state index contributed by atoms with van der Waals surface area (Å²) in [5.41, 5.74) is 0. The number of pyridine rings is 1. The van der Waals surface area contributed by atoms with Crippen LogP contribution in [0.25, 0.3) is 0 Å². The minimum Gasteiger partial charge on any atom is -0.242 e. The van der Waals surface area contributed by atoms with E-state index >= 15 is 0 Å². The van der Waals surface area contributed by atoms with Gasteiger partial charge in [0.2, 0.25) is 10.0 Å². The first-order valence-electron chi connectivity index (χ1n) is 4.55. The average Bonchev–Trinajstić information content (AvgIpc) is 2.32. The Morgan fingerprint density at radius 1 is 1.44 bits per heavy atom. The Labute approximate surface area is 115 Å². The van der Waals surface area contributed by atoms with E-state index in [1.165, 1.54) is 0 Å². The molecule has 1 heterocycles. The molecule has 8 heteroatoms. The lowest BCUT2D eigenvalue weighted by Crippen LogP contribution is -2.32. The van der Waals surface area contributed by atoms with Gasteiger partial charge < -0.3 is 0 Å². The zero-order valence-corrected chi connectivity index (χ0v) is 11.3. The first-order chi connectivity index (χ1) is 8.43. The summed E-state index contributed by atoms with van der Waals surface area (Å²) in [6, 6.07) is 2.89. The molecule has 0 radical (unpaired) electrons. The summed E-state index contributed by atoms with van der Waals surface area (Å²) in [7, 11) is -3.90. The maximum Gasteiger partial charge on any atom is 0.246 e. The maximum atomic E-state index is 12.1. The van der Waals surface area contributed by atoms with E-state index in [1.807, 2.05) is 0 Å². The summed E-state index contributed by atoms with van der Waals surface area (Å²) in [6.07, 6.45) is 6.12. The highest BCUT2D eigenvalue weighted by molar-refractivity contribution is 7.89. The summed E-state index contributed by atoms with van der Waals surface area (Å²) in [5, 5.41) is 8.59. The van der Waals surface area contributed by atoms with Gasteiger partial charge >= 0.3 is 0 Å². The van der Waals surface area contributed by atoms with Crippen LogP contribution in [-0.4, -0.2) is 30.8 Å². The van der Waals surface area contributed by atoms with Crippen LogP contribution in [0.15, 0.2) is 17.2 Å². The molecule has 94 valence electrons. The second-order valence-corrected chi connectivity index (χ2v) is 5.78. The summed E-state index contributed by atoms with van der Waals surface area (Å²) in [4.78, 5) is 3.48. The Hall–Kier alpha value is -1.31. The number of nitriles is 1. The summed E-state index contributed by atoms with van der Waals surface area (Å²) in [6.45, 7) is -0.567. The standard InChI is InChI=1S/C10H7Cl2N3O2S/c1-2-4-15(5-3-13)18(16,17)8-6-9(11)10(12)14-7-8/h1,6-7H,4-5H2. The lowest BCUT2D eigenvalue weighted by molar-refractivity contribution is 0.480. The quantitative estimate of drug-likeness (QED) is 0.480. The highest BCUT2D eigenvalue weighted by Gasteiger charge is 2.24. The Balaban J connectivity index is 3.23. The number of hydrogen-bond donors (Lipinski definition) is 0. The fraction of sp³-hybridized carbons (Fsp3) is 0.200.